The maximum absolute atomic E-state index is 12.2. The van der Waals surface area contributed by atoms with Gasteiger partial charge in [-0.1, -0.05) is 24.6 Å². The number of ether oxygens (including phenoxy) is 1. The lowest BCUT2D eigenvalue weighted by molar-refractivity contribution is 0.0953. The van der Waals surface area contributed by atoms with Crippen molar-refractivity contribution in [2.24, 2.45) is 0 Å². The van der Waals surface area contributed by atoms with Gasteiger partial charge < -0.3 is 20.7 Å². The second-order valence-electron chi connectivity index (χ2n) is 7.84. The number of hydrogen-bond acceptors (Lipinski definition) is 3. The smallest absolute Gasteiger partial charge is 0.319 e. The summed E-state index contributed by atoms with van der Waals surface area (Å²) in [6.07, 6.45) is 4.57. The van der Waals surface area contributed by atoms with Gasteiger partial charge in [0.15, 0.2) is 0 Å². The molecule has 3 amide bonds. The van der Waals surface area contributed by atoms with Gasteiger partial charge in [0.2, 0.25) is 0 Å². The first-order valence-electron chi connectivity index (χ1n) is 10.7. The van der Waals surface area contributed by atoms with Crippen LogP contribution in [0.25, 0.3) is 0 Å². The van der Waals surface area contributed by atoms with Crippen LogP contribution in [0.1, 0.15) is 54.9 Å². The van der Waals surface area contributed by atoms with E-state index in [2.05, 4.69) is 16.0 Å². The standard InChI is InChI=1S/C24H31N3O3/c1-3-16-25-23(28)18-6-12-21(13-7-18)30-22-14-10-20(11-15-22)27-24(29)26-19-8-4-17(2)5-9-19/h4-9,12-13,20,22H,3,10-11,14-16H2,1-2H3,(H,25,28)(H2,26,27,29). The molecule has 6 nitrogen and oxygen atoms in total. The number of urea groups is 1. The summed E-state index contributed by atoms with van der Waals surface area (Å²) < 4.78 is 6.07. The van der Waals surface area contributed by atoms with Crippen LogP contribution in [0.5, 0.6) is 5.75 Å². The molecule has 30 heavy (non-hydrogen) atoms. The van der Waals surface area contributed by atoms with Crippen molar-refractivity contribution in [3.05, 3.63) is 59.7 Å². The Balaban J connectivity index is 1.40. The maximum atomic E-state index is 12.2. The molecule has 0 heterocycles. The lowest BCUT2D eigenvalue weighted by Gasteiger charge is -2.29. The van der Waals surface area contributed by atoms with Crippen molar-refractivity contribution in [2.45, 2.75) is 58.1 Å². The van der Waals surface area contributed by atoms with Crippen LogP contribution in [0.3, 0.4) is 0 Å². The summed E-state index contributed by atoms with van der Waals surface area (Å²) in [5.41, 5.74) is 2.60. The van der Waals surface area contributed by atoms with Gasteiger partial charge in [0.1, 0.15) is 5.75 Å². The van der Waals surface area contributed by atoms with Crippen molar-refractivity contribution < 1.29 is 14.3 Å². The van der Waals surface area contributed by atoms with Gasteiger partial charge in [-0.15, -0.1) is 0 Å². The first-order chi connectivity index (χ1) is 14.5. The quantitative estimate of drug-likeness (QED) is 0.623. The third kappa shape index (κ3) is 6.51. The molecule has 1 saturated carbocycles. The molecular weight excluding hydrogens is 378 g/mol. The Morgan fingerprint density at radius 3 is 2.27 bits per heavy atom. The average Bonchev–Trinajstić information content (AvgIpc) is 2.75. The van der Waals surface area contributed by atoms with E-state index < -0.39 is 0 Å². The number of amides is 3. The molecule has 1 aliphatic rings. The number of hydrogen-bond donors (Lipinski definition) is 3. The third-order valence-corrected chi connectivity index (χ3v) is 5.27. The molecule has 6 heteroatoms. The Morgan fingerprint density at radius 2 is 1.63 bits per heavy atom. The van der Waals surface area contributed by atoms with Gasteiger partial charge in [-0.25, -0.2) is 4.79 Å². The Hall–Kier alpha value is -3.02. The Bertz CT molecular complexity index is 826. The topological polar surface area (TPSA) is 79.5 Å². The summed E-state index contributed by atoms with van der Waals surface area (Å²) in [7, 11) is 0. The van der Waals surface area contributed by atoms with Gasteiger partial charge in [-0.05, 0) is 75.4 Å². The molecule has 0 aliphatic heterocycles. The molecule has 1 fully saturated rings. The highest BCUT2D eigenvalue weighted by Crippen LogP contribution is 2.24. The maximum Gasteiger partial charge on any atom is 0.319 e. The van der Waals surface area contributed by atoms with Crippen LogP contribution in [0.4, 0.5) is 10.5 Å². The summed E-state index contributed by atoms with van der Waals surface area (Å²) in [6, 6.07) is 15.0. The van der Waals surface area contributed by atoms with Crippen molar-refractivity contribution in [1.82, 2.24) is 10.6 Å². The number of anilines is 1. The SMILES string of the molecule is CCCNC(=O)c1ccc(OC2CCC(NC(=O)Nc3ccc(C)cc3)CC2)cc1. The van der Waals surface area contributed by atoms with E-state index in [1.165, 1.54) is 0 Å². The van der Waals surface area contributed by atoms with E-state index in [1.54, 1.807) is 12.1 Å². The Labute approximate surface area is 178 Å². The first kappa shape index (κ1) is 21.7. The van der Waals surface area contributed by atoms with Crippen molar-refractivity contribution in [2.75, 3.05) is 11.9 Å². The van der Waals surface area contributed by atoms with Crippen molar-refractivity contribution in [3.8, 4) is 5.75 Å². The van der Waals surface area contributed by atoms with Gasteiger partial charge in [0, 0.05) is 23.8 Å². The summed E-state index contributed by atoms with van der Waals surface area (Å²) in [4.78, 5) is 24.2. The van der Waals surface area contributed by atoms with E-state index in [1.807, 2.05) is 50.2 Å². The molecule has 160 valence electrons. The minimum absolute atomic E-state index is 0.0566. The highest BCUT2D eigenvalue weighted by atomic mass is 16.5. The zero-order valence-electron chi connectivity index (χ0n) is 17.7. The molecule has 0 saturated heterocycles. The molecule has 0 aromatic heterocycles. The van der Waals surface area contributed by atoms with Gasteiger partial charge in [0.25, 0.3) is 5.91 Å². The minimum atomic E-state index is -0.167. The monoisotopic (exact) mass is 409 g/mol. The van der Waals surface area contributed by atoms with E-state index in [-0.39, 0.29) is 24.1 Å². The molecule has 0 atom stereocenters. The number of rotatable bonds is 7. The van der Waals surface area contributed by atoms with E-state index in [9.17, 15) is 9.59 Å². The third-order valence-electron chi connectivity index (χ3n) is 5.27. The molecule has 0 bridgehead atoms. The lowest BCUT2D eigenvalue weighted by Crippen LogP contribution is -2.41. The fourth-order valence-corrected chi connectivity index (χ4v) is 3.53. The van der Waals surface area contributed by atoms with Gasteiger partial charge in [-0.2, -0.15) is 0 Å². The fourth-order valence-electron chi connectivity index (χ4n) is 3.53. The van der Waals surface area contributed by atoms with E-state index in [4.69, 9.17) is 4.74 Å². The second-order valence-corrected chi connectivity index (χ2v) is 7.84. The number of nitrogens with one attached hydrogen (secondary N) is 3. The molecular formula is C24H31N3O3. The van der Waals surface area contributed by atoms with E-state index in [0.717, 1.165) is 49.1 Å². The van der Waals surface area contributed by atoms with Crippen LogP contribution in [0.2, 0.25) is 0 Å². The number of carbonyl (C=O) groups is 2. The first-order valence-corrected chi connectivity index (χ1v) is 10.7. The second kappa shape index (κ2) is 10.7. The van der Waals surface area contributed by atoms with Crippen molar-refractivity contribution >= 4 is 17.6 Å². The summed E-state index contributed by atoms with van der Waals surface area (Å²) in [5, 5.41) is 8.80. The summed E-state index contributed by atoms with van der Waals surface area (Å²) >= 11 is 0. The Morgan fingerprint density at radius 1 is 0.967 bits per heavy atom. The summed E-state index contributed by atoms with van der Waals surface area (Å²) in [5.74, 6) is 0.717. The van der Waals surface area contributed by atoms with E-state index >= 15 is 0 Å². The number of benzene rings is 2. The van der Waals surface area contributed by atoms with Crippen LogP contribution >= 0.6 is 0 Å². The van der Waals surface area contributed by atoms with Crippen molar-refractivity contribution in [3.63, 3.8) is 0 Å². The van der Waals surface area contributed by atoms with Gasteiger partial charge in [-0.3, -0.25) is 4.79 Å². The highest BCUT2D eigenvalue weighted by molar-refractivity contribution is 5.94. The molecule has 3 rings (SSSR count). The van der Waals surface area contributed by atoms with Crippen molar-refractivity contribution in [1.29, 1.82) is 0 Å². The molecule has 0 unspecified atom stereocenters. The lowest BCUT2D eigenvalue weighted by atomic mass is 9.93. The van der Waals surface area contributed by atoms with Crippen LogP contribution in [-0.2, 0) is 0 Å². The van der Waals surface area contributed by atoms with Crippen LogP contribution < -0.4 is 20.7 Å². The average molecular weight is 410 g/mol. The fraction of sp³-hybridized carbons (Fsp3) is 0.417. The molecule has 0 radical (unpaired) electrons. The van der Waals surface area contributed by atoms with Crippen LogP contribution in [-0.4, -0.2) is 30.6 Å². The van der Waals surface area contributed by atoms with Crippen LogP contribution in [0, 0.1) is 6.92 Å². The van der Waals surface area contributed by atoms with E-state index in [0.29, 0.717) is 12.1 Å². The Kier molecular flexibility index (Phi) is 7.71. The van der Waals surface area contributed by atoms with Gasteiger partial charge in [0.05, 0.1) is 6.10 Å². The van der Waals surface area contributed by atoms with Gasteiger partial charge >= 0.3 is 6.03 Å². The molecule has 2 aromatic rings. The normalized spacial score (nSPS) is 18.3. The number of carbonyl (C=O) groups excluding carboxylic acids is 2. The largest absolute Gasteiger partial charge is 0.490 e. The zero-order valence-corrected chi connectivity index (χ0v) is 17.7. The molecule has 2 aromatic carbocycles. The minimum Gasteiger partial charge on any atom is -0.490 e. The highest BCUT2D eigenvalue weighted by Gasteiger charge is 2.23. The summed E-state index contributed by atoms with van der Waals surface area (Å²) in [6.45, 7) is 4.72. The number of aryl methyl sites for hydroxylation is 1. The van der Waals surface area contributed by atoms with Crippen LogP contribution in [0.15, 0.2) is 48.5 Å². The predicted molar refractivity (Wildman–Crippen MR) is 119 cm³/mol. The predicted octanol–water partition coefficient (Wildman–Crippen LogP) is 4.65. The zero-order chi connectivity index (χ0) is 21.3. The molecule has 3 N–H and O–H groups in total. The molecule has 1 aliphatic carbocycles. The molecule has 0 spiro atoms.